The van der Waals surface area contributed by atoms with Crippen molar-refractivity contribution >= 4 is 24.0 Å². The Morgan fingerprint density at radius 3 is 2.70 bits per heavy atom. The lowest BCUT2D eigenvalue weighted by Crippen LogP contribution is -2.27. The molecule has 0 heterocycles. The van der Waals surface area contributed by atoms with Crippen molar-refractivity contribution in [3.63, 3.8) is 0 Å². The van der Waals surface area contributed by atoms with Gasteiger partial charge in [0.05, 0.1) is 12.6 Å². The first kappa shape index (κ1) is 21.0. The quantitative estimate of drug-likeness (QED) is 0.653. The number of hydrogen-bond acceptors (Lipinski definition) is 3. The SMILES string of the molecule is CC(NC(=O)CCc1ccccc1N)c1ccc(OCC2CC2)c(F)c1.Cl. The third-order valence-corrected chi connectivity index (χ3v) is 4.68. The number of halogens is 2. The Bertz CT molecular complexity index is 781. The summed E-state index contributed by atoms with van der Waals surface area (Å²) in [5, 5.41) is 2.91. The zero-order valence-corrected chi connectivity index (χ0v) is 16.2. The van der Waals surface area contributed by atoms with E-state index < -0.39 is 0 Å². The predicted molar refractivity (Wildman–Crippen MR) is 108 cm³/mol. The summed E-state index contributed by atoms with van der Waals surface area (Å²) in [7, 11) is 0. The van der Waals surface area contributed by atoms with Gasteiger partial charge in [0.25, 0.3) is 0 Å². The summed E-state index contributed by atoms with van der Waals surface area (Å²) in [5.74, 6) is 0.376. The first-order chi connectivity index (χ1) is 12.5. The Kier molecular flexibility index (Phi) is 7.48. The highest BCUT2D eigenvalue weighted by atomic mass is 35.5. The topological polar surface area (TPSA) is 64.4 Å². The van der Waals surface area contributed by atoms with Gasteiger partial charge in [-0.2, -0.15) is 0 Å². The molecule has 3 rings (SSSR count). The van der Waals surface area contributed by atoms with E-state index in [1.807, 2.05) is 31.2 Å². The van der Waals surface area contributed by atoms with Crippen molar-refractivity contribution in [2.24, 2.45) is 5.92 Å². The smallest absolute Gasteiger partial charge is 0.220 e. The lowest BCUT2D eigenvalue weighted by Gasteiger charge is -2.16. The van der Waals surface area contributed by atoms with Gasteiger partial charge in [0.2, 0.25) is 5.91 Å². The van der Waals surface area contributed by atoms with Gasteiger partial charge in [0.15, 0.2) is 11.6 Å². The average Bonchev–Trinajstić information content (AvgIpc) is 3.44. The zero-order chi connectivity index (χ0) is 18.5. The van der Waals surface area contributed by atoms with Gasteiger partial charge in [-0.05, 0) is 61.4 Å². The van der Waals surface area contributed by atoms with Crippen molar-refractivity contribution in [2.45, 2.75) is 38.6 Å². The second kappa shape index (κ2) is 9.60. The van der Waals surface area contributed by atoms with Gasteiger partial charge >= 0.3 is 0 Å². The van der Waals surface area contributed by atoms with Gasteiger partial charge in [0, 0.05) is 12.1 Å². The number of nitrogens with one attached hydrogen (secondary N) is 1. The van der Waals surface area contributed by atoms with Crippen LogP contribution in [0.1, 0.15) is 43.4 Å². The Morgan fingerprint density at radius 1 is 1.30 bits per heavy atom. The number of benzene rings is 2. The Morgan fingerprint density at radius 2 is 2.04 bits per heavy atom. The van der Waals surface area contributed by atoms with E-state index in [2.05, 4.69) is 5.32 Å². The van der Waals surface area contributed by atoms with Crippen LogP contribution in [0.2, 0.25) is 0 Å². The lowest BCUT2D eigenvalue weighted by molar-refractivity contribution is -0.121. The molecule has 1 aliphatic rings. The van der Waals surface area contributed by atoms with Crippen LogP contribution in [-0.4, -0.2) is 12.5 Å². The molecule has 2 aromatic rings. The summed E-state index contributed by atoms with van der Waals surface area (Å²) in [6.45, 7) is 2.42. The molecule has 1 atom stereocenters. The van der Waals surface area contributed by atoms with E-state index >= 15 is 0 Å². The van der Waals surface area contributed by atoms with E-state index in [1.165, 1.54) is 6.07 Å². The second-order valence-corrected chi connectivity index (χ2v) is 6.93. The van der Waals surface area contributed by atoms with Gasteiger partial charge < -0.3 is 15.8 Å². The van der Waals surface area contributed by atoms with Crippen molar-refractivity contribution in [1.29, 1.82) is 0 Å². The van der Waals surface area contributed by atoms with E-state index in [0.717, 1.165) is 18.4 Å². The van der Waals surface area contributed by atoms with Crippen molar-refractivity contribution in [2.75, 3.05) is 12.3 Å². The van der Waals surface area contributed by atoms with E-state index in [-0.39, 0.29) is 35.9 Å². The highest BCUT2D eigenvalue weighted by molar-refractivity contribution is 5.85. The molecule has 0 aromatic heterocycles. The molecule has 2 aromatic carbocycles. The van der Waals surface area contributed by atoms with Crippen LogP contribution in [0.25, 0.3) is 0 Å². The molecule has 27 heavy (non-hydrogen) atoms. The molecule has 1 saturated carbocycles. The standard InChI is InChI=1S/C21H25FN2O2.ClH/c1-14(24-21(25)11-9-16-4-2-3-5-19(16)23)17-8-10-20(18(22)12-17)26-13-15-6-7-15;/h2-5,8,10,12,14-15H,6-7,9,11,13,23H2,1H3,(H,24,25);1H. The van der Waals surface area contributed by atoms with Crippen LogP contribution in [0.5, 0.6) is 5.75 Å². The summed E-state index contributed by atoms with van der Waals surface area (Å²) < 4.78 is 19.7. The summed E-state index contributed by atoms with van der Waals surface area (Å²) >= 11 is 0. The fourth-order valence-electron chi connectivity index (χ4n) is 2.80. The highest BCUT2D eigenvalue weighted by Crippen LogP contribution is 2.30. The number of para-hydroxylation sites is 1. The van der Waals surface area contributed by atoms with Crippen LogP contribution in [0.15, 0.2) is 42.5 Å². The largest absolute Gasteiger partial charge is 0.490 e. The van der Waals surface area contributed by atoms with Crippen LogP contribution in [0, 0.1) is 11.7 Å². The van der Waals surface area contributed by atoms with Gasteiger partial charge in [-0.15, -0.1) is 12.4 Å². The average molecular weight is 393 g/mol. The Balaban J connectivity index is 0.00000261. The molecule has 146 valence electrons. The van der Waals surface area contributed by atoms with Gasteiger partial charge in [-0.3, -0.25) is 4.79 Å². The minimum absolute atomic E-state index is 0. The molecule has 1 aliphatic carbocycles. The molecule has 1 unspecified atom stereocenters. The maximum absolute atomic E-state index is 14.2. The number of nitrogen functional groups attached to an aromatic ring is 1. The molecule has 3 N–H and O–H groups in total. The molecule has 1 fully saturated rings. The zero-order valence-electron chi connectivity index (χ0n) is 15.4. The molecule has 1 amide bonds. The molecule has 0 saturated heterocycles. The third kappa shape index (κ3) is 6.14. The summed E-state index contributed by atoms with van der Waals surface area (Å²) in [5.41, 5.74) is 8.26. The molecule has 0 radical (unpaired) electrons. The van der Waals surface area contributed by atoms with E-state index in [4.69, 9.17) is 10.5 Å². The van der Waals surface area contributed by atoms with Crippen LogP contribution >= 0.6 is 12.4 Å². The molecular formula is C21H26ClFN2O2. The van der Waals surface area contributed by atoms with E-state index in [0.29, 0.717) is 36.6 Å². The van der Waals surface area contributed by atoms with Gasteiger partial charge in [0.1, 0.15) is 0 Å². The van der Waals surface area contributed by atoms with Gasteiger partial charge in [-0.25, -0.2) is 4.39 Å². The predicted octanol–water partition coefficient (Wildman–Crippen LogP) is 4.43. The highest BCUT2D eigenvalue weighted by Gasteiger charge is 2.22. The van der Waals surface area contributed by atoms with Crippen LogP contribution in [0.4, 0.5) is 10.1 Å². The first-order valence-electron chi connectivity index (χ1n) is 9.08. The van der Waals surface area contributed by atoms with Crippen molar-refractivity contribution < 1.29 is 13.9 Å². The fraction of sp³-hybridized carbons (Fsp3) is 0.381. The minimum Gasteiger partial charge on any atom is -0.490 e. The molecule has 0 aliphatic heterocycles. The maximum atomic E-state index is 14.2. The summed E-state index contributed by atoms with van der Waals surface area (Å²) in [6, 6.07) is 12.1. The third-order valence-electron chi connectivity index (χ3n) is 4.68. The van der Waals surface area contributed by atoms with Crippen molar-refractivity contribution in [1.82, 2.24) is 5.32 Å². The number of hydrogen-bond donors (Lipinski definition) is 2. The number of aryl methyl sites for hydroxylation is 1. The van der Waals surface area contributed by atoms with Crippen LogP contribution in [0.3, 0.4) is 0 Å². The number of rotatable bonds is 8. The number of ether oxygens (including phenoxy) is 1. The van der Waals surface area contributed by atoms with Crippen LogP contribution in [-0.2, 0) is 11.2 Å². The second-order valence-electron chi connectivity index (χ2n) is 6.93. The Hall–Kier alpha value is -2.27. The normalized spacial score (nSPS) is 14.1. The summed E-state index contributed by atoms with van der Waals surface area (Å²) in [6.07, 6.45) is 3.24. The molecule has 0 bridgehead atoms. The summed E-state index contributed by atoms with van der Waals surface area (Å²) in [4.78, 5) is 12.2. The van der Waals surface area contributed by atoms with Crippen molar-refractivity contribution in [3.8, 4) is 5.75 Å². The van der Waals surface area contributed by atoms with E-state index in [9.17, 15) is 9.18 Å². The lowest BCUT2D eigenvalue weighted by atomic mass is 10.1. The maximum Gasteiger partial charge on any atom is 0.220 e. The number of nitrogens with two attached hydrogens (primary N) is 1. The molecule has 0 spiro atoms. The molecular weight excluding hydrogens is 367 g/mol. The molecule has 4 nitrogen and oxygen atoms in total. The molecule has 6 heteroatoms. The van der Waals surface area contributed by atoms with Crippen molar-refractivity contribution in [3.05, 3.63) is 59.4 Å². The monoisotopic (exact) mass is 392 g/mol. The fourth-order valence-corrected chi connectivity index (χ4v) is 2.80. The Labute approximate surface area is 165 Å². The number of carbonyl (C=O) groups excluding carboxylic acids is 1. The van der Waals surface area contributed by atoms with E-state index in [1.54, 1.807) is 12.1 Å². The minimum atomic E-state index is -0.388. The number of amides is 1. The van der Waals surface area contributed by atoms with Crippen LogP contribution < -0.4 is 15.8 Å². The number of carbonyl (C=O) groups is 1. The van der Waals surface area contributed by atoms with Gasteiger partial charge in [-0.1, -0.05) is 24.3 Å². The number of anilines is 1. The first-order valence-corrected chi connectivity index (χ1v) is 9.08.